The Hall–Kier alpha value is -1.27. The zero-order valence-electron chi connectivity index (χ0n) is 7.71. The number of halogens is 1. The zero-order chi connectivity index (χ0) is 10.4. The molecule has 1 aromatic rings. The fourth-order valence-electron chi connectivity index (χ4n) is 1.03. The predicted molar refractivity (Wildman–Crippen MR) is 59.1 cm³/mol. The predicted octanol–water partition coefficient (Wildman–Crippen LogP) is 2.25. The SMILES string of the molecule is COc1ccc(C=O)cc1C#CCBr. The molecule has 0 aliphatic heterocycles. The van der Waals surface area contributed by atoms with E-state index < -0.39 is 0 Å². The molecule has 0 saturated carbocycles. The Morgan fingerprint density at radius 3 is 2.93 bits per heavy atom. The van der Waals surface area contributed by atoms with E-state index in [-0.39, 0.29) is 0 Å². The van der Waals surface area contributed by atoms with Gasteiger partial charge in [-0.05, 0) is 18.2 Å². The van der Waals surface area contributed by atoms with Crippen LogP contribution in [-0.4, -0.2) is 18.7 Å². The van der Waals surface area contributed by atoms with Gasteiger partial charge >= 0.3 is 0 Å². The van der Waals surface area contributed by atoms with Crippen LogP contribution >= 0.6 is 15.9 Å². The van der Waals surface area contributed by atoms with Crippen molar-refractivity contribution < 1.29 is 9.53 Å². The highest BCUT2D eigenvalue weighted by Crippen LogP contribution is 2.17. The van der Waals surface area contributed by atoms with Crippen molar-refractivity contribution in [3.8, 4) is 17.6 Å². The Balaban J connectivity index is 3.14. The summed E-state index contributed by atoms with van der Waals surface area (Å²) in [5.74, 6) is 6.45. The Morgan fingerprint density at radius 2 is 2.36 bits per heavy atom. The van der Waals surface area contributed by atoms with Crippen molar-refractivity contribution in [2.24, 2.45) is 0 Å². The molecule has 0 heterocycles. The summed E-state index contributed by atoms with van der Waals surface area (Å²) in [7, 11) is 1.58. The average Bonchev–Trinajstić information content (AvgIpc) is 2.25. The summed E-state index contributed by atoms with van der Waals surface area (Å²) >= 11 is 3.20. The van der Waals surface area contributed by atoms with Gasteiger partial charge in [0.1, 0.15) is 12.0 Å². The number of carbonyl (C=O) groups excluding carboxylic acids is 1. The van der Waals surface area contributed by atoms with Crippen LogP contribution in [0.2, 0.25) is 0 Å². The first-order chi connectivity index (χ1) is 6.81. The fraction of sp³-hybridized carbons (Fsp3) is 0.182. The second-order valence-corrected chi connectivity index (χ2v) is 3.07. The summed E-state index contributed by atoms with van der Waals surface area (Å²) in [6.07, 6.45) is 0.790. The van der Waals surface area contributed by atoms with Crippen LogP contribution in [0.25, 0.3) is 0 Å². The third-order valence-corrected chi connectivity index (χ3v) is 1.93. The van der Waals surface area contributed by atoms with Crippen LogP contribution in [0, 0.1) is 11.8 Å². The lowest BCUT2D eigenvalue weighted by Crippen LogP contribution is -1.90. The first-order valence-electron chi connectivity index (χ1n) is 4.00. The van der Waals surface area contributed by atoms with E-state index in [9.17, 15) is 4.79 Å². The van der Waals surface area contributed by atoms with E-state index in [0.29, 0.717) is 16.6 Å². The molecule has 0 unspecified atom stereocenters. The van der Waals surface area contributed by atoms with Gasteiger partial charge in [-0.2, -0.15) is 0 Å². The van der Waals surface area contributed by atoms with Crippen LogP contribution < -0.4 is 4.74 Å². The lowest BCUT2D eigenvalue weighted by atomic mass is 10.1. The smallest absolute Gasteiger partial charge is 0.150 e. The van der Waals surface area contributed by atoms with E-state index in [0.717, 1.165) is 11.8 Å². The van der Waals surface area contributed by atoms with Crippen LogP contribution in [0.15, 0.2) is 18.2 Å². The lowest BCUT2D eigenvalue weighted by molar-refractivity contribution is 0.112. The van der Waals surface area contributed by atoms with E-state index in [1.807, 2.05) is 0 Å². The number of alkyl halides is 1. The van der Waals surface area contributed by atoms with Crippen LogP contribution in [0.1, 0.15) is 15.9 Å². The van der Waals surface area contributed by atoms with Crippen molar-refractivity contribution >= 4 is 22.2 Å². The summed E-state index contributed by atoms with van der Waals surface area (Å²) < 4.78 is 5.11. The average molecular weight is 253 g/mol. The molecule has 0 saturated heterocycles. The van der Waals surface area contributed by atoms with Gasteiger partial charge in [-0.1, -0.05) is 27.8 Å². The van der Waals surface area contributed by atoms with Gasteiger partial charge in [0.05, 0.1) is 18.0 Å². The Bertz CT molecular complexity index is 388. The number of benzene rings is 1. The molecule has 0 bridgehead atoms. The number of ether oxygens (including phenoxy) is 1. The number of aldehydes is 1. The normalized spacial score (nSPS) is 8.71. The number of methoxy groups -OCH3 is 1. The van der Waals surface area contributed by atoms with Crippen molar-refractivity contribution in [2.75, 3.05) is 12.4 Å². The van der Waals surface area contributed by atoms with Crippen molar-refractivity contribution in [2.45, 2.75) is 0 Å². The van der Waals surface area contributed by atoms with Gasteiger partial charge in [-0.3, -0.25) is 4.79 Å². The maximum atomic E-state index is 10.5. The molecule has 2 nitrogen and oxygen atoms in total. The Kier molecular flexibility index (Phi) is 4.21. The lowest BCUT2D eigenvalue weighted by Gasteiger charge is -2.02. The van der Waals surface area contributed by atoms with Gasteiger partial charge in [-0.25, -0.2) is 0 Å². The molecule has 1 aromatic carbocycles. The Labute approximate surface area is 91.4 Å². The van der Waals surface area contributed by atoms with Gasteiger partial charge in [0, 0.05) is 5.56 Å². The van der Waals surface area contributed by atoms with Gasteiger partial charge < -0.3 is 4.74 Å². The third-order valence-electron chi connectivity index (χ3n) is 1.65. The largest absolute Gasteiger partial charge is 0.495 e. The van der Waals surface area contributed by atoms with Crippen molar-refractivity contribution in [1.29, 1.82) is 0 Å². The summed E-state index contributed by atoms with van der Waals surface area (Å²) in [5.41, 5.74) is 1.33. The Morgan fingerprint density at radius 1 is 1.57 bits per heavy atom. The molecule has 0 amide bonds. The molecule has 1 rings (SSSR count). The number of rotatable bonds is 2. The summed E-state index contributed by atoms with van der Waals surface area (Å²) in [6.45, 7) is 0. The molecular formula is C11H9BrO2. The number of hydrogen-bond acceptors (Lipinski definition) is 2. The van der Waals surface area contributed by atoms with Crippen LogP contribution in [0.3, 0.4) is 0 Å². The standard InChI is InChI=1S/C11H9BrO2/c1-14-11-5-4-9(8-13)7-10(11)3-2-6-12/h4-5,7-8H,6H2,1H3. The van der Waals surface area contributed by atoms with Crippen molar-refractivity contribution in [1.82, 2.24) is 0 Å². The number of hydrogen-bond donors (Lipinski definition) is 0. The van der Waals surface area contributed by atoms with Crippen molar-refractivity contribution in [3.63, 3.8) is 0 Å². The molecule has 0 radical (unpaired) electrons. The monoisotopic (exact) mass is 252 g/mol. The molecule has 14 heavy (non-hydrogen) atoms. The highest BCUT2D eigenvalue weighted by molar-refractivity contribution is 9.09. The van der Waals surface area contributed by atoms with Crippen molar-refractivity contribution in [3.05, 3.63) is 29.3 Å². The van der Waals surface area contributed by atoms with E-state index in [1.54, 1.807) is 25.3 Å². The van der Waals surface area contributed by atoms with Gasteiger partial charge in [0.15, 0.2) is 0 Å². The molecule has 0 N–H and O–H groups in total. The maximum absolute atomic E-state index is 10.5. The minimum absolute atomic E-state index is 0.599. The van der Waals surface area contributed by atoms with Crippen LogP contribution in [-0.2, 0) is 0 Å². The fourth-order valence-corrected chi connectivity index (χ4v) is 1.17. The first-order valence-corrected chi connectivity index (χ1v) is 5.12. The highest BCUT2D eigenvalue weighted by atomic mass is 79.9. The molecule has 0 fully saturated rings. The molecule has 0 spiro atoms. The molecule has 0 aliphatic carbocycles. The minimum atomic E-state index is 0.599. The zero-order valence-corrected chi connectivity index (χ0v) is 9.30. The van der Waals surface area contributed by atoms with E-state index in [4.69, 9.17) is 4.74 Å². The summed E-state index contributed by atoms with van der Waals surface area (Å²) in [4.78, 5) is 10.5. The summed E-state index contributed by atoms with van der Waals surface area (Å²) in [6, 6.07) is 5.15. The quantitative estimate of drug-likeness (QED) is 0.459. The molecule has 0 atom stereocenters. The van der Waals surface area contributed by atoms with E-state index in [2.05, 4.69) is 27.8 Å². The maximum Gasteiger partial charge on any atom is 0.150 e. The van der Waals surface area contributed by atoms with E-state index >= 15 is 0 Å². The molecule has 0 aromatic heterocycles. The minimum Gasteiger partial charge on any atom is -0.495 e. The highest BCUT2D eigenvalue weighted by Gasteiger charge is 2.00. The molecule has 3 heteroatoms. The topological polar surface area (TPSA) is 26.3 Å². The molecular weight excluding hydrogens is 244 g/mol. The van der Waals surface area contributed by atoms with Gasteiger partial charge in [0.25, 0.3) is 0 Å². The summed E-state index contributed by atoms with van der Waals surface area (Å²) in [5, 5.41) is 0.599. The second kappa shape index (κ2) is 5.46. The van der Waals surface area contributed by atoms with Gasteiger partial charge in [-0.15, -0.1) is 0 Å². The van der Waals surface area contributed by atoms with Gasteiger partial charge in [0.2, 0.25) is 0 Å². The first kappa shape index (κ1) is 10.8. The van der Waals surface area contributed by atoms with Crippen LogP contribution in [0.5, 0.6) is 5.75 Å². The molecule has 0 aliphatic rings. The van der Waals surface area contributed by atoms with E-state index in [1.165, 1.54) is 0 Å². The third kappa shape index (κ3) is 2.61. The number of carbonyl (C=O) groups is 1. The second-order valence-electron chi connectivity index (χ2n) is 2.51. The van der Waals surface area contributed by atoms with Crippen LogP contribution in [0.4, 0.5) is 0 Å². The molecule has 72 valence electrons.